The van der Waals surface area contributed by atoms with Gasteiger partial charge < -0.3 is 9.64 Å². The van der Waals surface area contributed by atoms with Gasteiger partial charge in [-0.1, -0.05) is 13.3 Å². The van der Waals surface area contributed by atoms with E-state index in [1.807, 2.05) is 26.8 Å². The highest BCUT2D eigenvalue weighted by atomic mass is 32.1. The summed E-state index contributed by atoms with van der Waals surface area (Å²) in [4.78, 5) is 27.4. The minimum absolute atomic E-state index is 0.00689. The van der Waals surface area contributed by atoms with Crippen LogP contribution in [0.15, 0.2) is 6.07 Å². The van der Waals surface area contributed by atoms with Crippen molar-refractivity contribution in [3.05, 3.63) is 21.4 Å². The average Bonchev–Trinajstić information content (AvgIpc) is 2.76. The molecule has 0 saturated heterocycles. The van der Waals surface area contributed by atoms with Crippen LogP contribution >= 0.6 is 11.3 Å². The molecular weight excluding hydrogens is 274 g/mol. The highest BCUT2D eigenvalue weighted by Crippen LogP contribution is 2.24. The van der Waals surface area contributed by atoms with Gasteiger partial charge in [0.15, 0.2) is 0 Å². The minimum Gasteiger partial charge on any atom is -0.468 e. The molecular formula is C15H23NO3S. The highest BCUT2D eigenvalue weighted by molar-refractivity contribution is 7.14. The Morgan fingerprint density at radius 3 is 2.55 bits per heavy atom. The van der Waals surface area contributed by atoms with Crippen molar-refractivity contribution in [3.8, 4) is 0 Å². The molecule has 112 valence electrons. The first-order valence-corrected chi connectivity index (χ1v) is 7.69. The van der Waals surface area contributed by atoms with Gasteiger partial charge >= 0.3 is 5.97 Å². The monoisotopic (exact) mass is 297 g/mol. The molecule has 5 heteroatoms. The van der Waals surface area contributed by atoms with Crippen LogP contribution in [0.3, 0.4) is 0 Å². The fraction of sp³-hybridized carbons (Fsp3) is 0.600. The predicted molar refractivity (Wildman–Crippen MR) is 81.2 cm³/mol. The lowest BCUT2D eigenvalue weighted by atomic mass is 10.1. The number of esters is 1. The maximum absolute atomic E-state index is 12.5. The molecule has 0 saturated carbocycles. The third-order valence-electron chi connectivity index (χ3n) is 3.16. The average molecular weight is 297 g/mol. The zero-order valence-corrected chi connectivity index (χ0v) is 13.7. The van der Waals surface area contributed by atoms with E-state index in [2.05, 4.69) is 11.7 Å². The first kappa shape index (κ1) is 16.7. The van der Waals surface area contributed by atoms with Crippen molar-refractivity contribution in [2.45, 2.75) is 46.6 Å². The second-order valence-corrected chi connectivity index (χ2v) is 6.30. The lowest BCUT2D eigenvalue weighted by molar-refractivity contribution is -0.141. The molecule has 1 rings (SSSR count). The molecule has 0 unspecified atom stereocenters. The number of nitrogens with zero attached hydrogens (tertiary/aromatic N) is 1. The summed E-state index contributed by atoms with van der Waals surface area (Å²) in [5.74, 6) is -0.491. The second-order valence-electron chi connectivity index (χ2n) is 5.05. The molecule has 0 aliphatic rings. The van der Waals surface area contributed by atoms with Crippen molar-refractivity contribution in [1.29, 1.82) is 0 Å². The maximum atomic E-state index is 12.5. The SMILES string of the molecule is CCCc1cc(C(=O)N(CC(=O)OC)C(C)C)sc1C. The van der Waals surface area contributed by atoms with Gasteiger partial charge in [0, 0.05) is 10.9 Å². The molecule has 1 aromatic heterocycles. The highest BCUT2D eigenvalue weighted by Gasteiger charge is 2.23. The Balaban J connectivity index is 2.94. The Labute approximate surface area is 124 Å². The van der Waals surface area contributed by atoms with Crippen molar-refractivity contribution >= 4 is 23.2 Å². The minimum atomic E-state index is -0.394. The van der Waals surface area contributed by atoms with Crippen LogP contribution in [0.1, 0.15) is 47.3 Å². The Hall–Kier alpha value is -1.36. The van der Waals surface area contributed by atoms with Gasteiger partial charge in [-0.05, 0) is 38.8 Å². The number of carbonyl (C=O) groups excluding carboxylic acids is 2. The van der Waals surface area contributed by atoms with E-state index in [1.54, 1.807) is 4.90 Å². The summed E-state index contributed by atoms with van der Waals surface area (Å²) in [6.45, 7) is 7.94. The fourth-order valence-corrected chi connectivity index (χ4v) is 3.00. The molecule has 1 amide bonds. The van der Waals surface area contributed by atoms with Crippen molar-refractivity contribution in [3.63, 3.8) is 0 Å². The number of aryl methyl sites for hydroxylation is 2. The molecule has 0 N–H and O–H groups in total. The van der Waals surface area contributed by atoms with Gasteiger partial charge in [0.2, 0.25) is 0 Å². The van der Waals surface area contributed by atoms with Gasteiger partial charge in [0.25, 0.3) is 5.91 Å². The van der Waals surface area contributed by atoms with E-state index in [-0.39, 0.29) is 18.5 Å². The van der Waals surface area contributed by atoms with Gasteiger partial charge in [-0.25, -0.2) is 0 Å². The van der Waals surface area contributed by atoms with E-state index >= 15 is 0 Å². The Bertz CT molecular complexity index is 479. The predicted octanol–water partition coefficient (Wildman–Crippen LogP) is 3.03. The maximum Gasteiger partial charge on any atom is 0.325 e. The van der Waals surface area contributed by atoms with Crippen LogP contribution in [0, 0.1) is 6.92 Å². The third kappa shape index (κ3) is 4.07. The molecule has 20 heavy (non-hydrogen) atoms. The van der Waals surface area contributed by atoms with E-state index in [9.17, 15) is 9.59 Å². The largest absolute Gasteiger partial charge is 0.468 e. The summed E-state index contributed by atoms with van der Waals surface area (Å²) in [5.41, 5.74) is 1.22. The van der Waals surface area contributed by atoms with Gasteiger partial charge in [-0.15, -0.1) is 11.3 Å². The quantitative estimate of drug-likeness (QED) is 0.758. The molecule has 1 heterocycles. The lowest BCUT2D eigenvalue weighted by Gasteiger charge is -2.24. The van der Waals surface area contributed by atoms with E-state index in [1.165, 1.54) is 28.9 Å². The first-order chi connectivity index (χ1) is 9.40. The van der Waals surface area contributed by atoms with Crippen LogP contribution < -0.4 is 0 Å². The molecule has 0 spiro atoms. The fourth-order valence-electron chi connectivity index (χ4n) is 1.98. The van der Waals surface area contributed by atoms with E-state index in [0.717, 1.165) is 12.8 Å². The van der Waals surface area contributed by atoms with Crippen LogP contribution in [0.5, 0.6) is 0 Å². The van der Waals surface area contributed by atoms with Crippen LogP contribution in [-0.2, 0) is 16.0 Å². The Morgan fingerprint density at radius 1 is 1.40 bits per heavy atom. The summed E-state index contributed by atoms with van der Waals surface area (Å²) < 4.78 is 4.65. The van der Waals surface area contributed by atoms with Crippen molar-refractivity contribution in [2.75, 3.05) is 13.7 Å². The van der Waals surface area contributed by atoms with Crippen LogP contribution in [-0.4, -0.2) is 36.5 Å². The van der Waals surface area contributed by atoms with Crippen LogP contribution in [0.2, 0.25) is 0 Å². The number of hydrogen-bond acceptors (Lipinski definition) is 4. The number of hydrogen-bond donors (Lipinski definition) is 0. The summed E-state index contributed by atoms with van der Waals surface area (Å²) in [5, 5.41) is 0. The number of amides is 1. The van der Waals surface area contributed by atoms with Crippen molar-refractivity contribution < 1.29 is 14.3 Å². The second kappa shape index (κ2) is 7.43. The first-order valence-electron chi connectivity index (χ1n) is 6.87. The number of rotatable bonds is 6. The smallest absolute Gasteiger partial charge is 0.325 e. The van der Waals surface area contributed by atoms with Gasteiger partial charge in [-0.3, -0.25) is 9.59 Å². The molecule has 0 atom stereocenters. The number of ether oxygens (including phenoxy) is 1. The number of thiophene rings is 1. The molecule has 0 aliphatic heterocycles. The van der Waals surface area contributed by atoms with Crippen molar-refractivity contribution in [2.24, 2.45) is 0 Å². The number of carbonyl (C=O) groups is 2. The molecule has 0 aromatic carbocycles. The zero-order chi connectivity index (χ0) is 15.3. The summed E-state index contributed by atoms with van der Waals surface area (Å²) >= 11 is 1.50. The van der Waals surface area contributed by atoms with Crippen LogP contribution in [0.25, 0.3) is 0 Å². The van der Waals surface area contributed by atoms with E-state index in [0.29, 0.717) is 4.88 Å². The van der Waals surface area contributed by atoms with Gasteiger partial charge in [0.1, 0.15) is 6.54 Å². The molecule has 0 aliphatic carbocycles. The third-order valence-corrected chi connectivity index (χ3v) is 4.24. The van der Waals surface area contributed by atoms with Crippen LogP contribution in [0.4, 0.5) is 0 Å². The lowest BCUT2D eigenvalue weighted by Crippen LogP contribution is -2.40. The van der Waals surface area contributed by atoms with E-state index in [4.69, 9.17) is 0 Å². The standard InChI is InChI=1S/C15H23NO3S/c1-6-7-12-8-13(20-11(12)4)15(18)16(10(2)3)9-14(17)19-5/h8,10H,6-7,9H2,1-5H3. The summed E-state index contributed by atoms with van der Waals surface area (Å²) in [6.07, 6.45) is 2.04. The summed E-state index contributed by atoms with van der Waals surface area (Å²) in [6, 6.07) is 1.91. The molecule has 0 radical (unpaired) electrons. The topological polar surface area (TPSA) is 46.6 Å². The van der Waals surface area contributed by atoms with E-state index < -0.39 is 5.97 Å². The molecule has 4 nitrogen and oxygen atoms in total. The van der Waals surface area contributed by atoms with Gasteiger partial charge in [0.05, 0.1) is 12.0 Å². The molecule has 1 aromatic rings. The van der Waals surface area contributed by atoms with Gasteiger partial charge in [-0.2, -0.15) is 0 Å². The molecule has 0 fully saturated rings. The molecule has 0 bridgehead atoms. The van der Waals surface area contributed by atoms with Crippen molar-refractivity contribution in [1.82, 2.24) is 4.90 Å². The zero-order valence-electron chi connectivity index (χ0n) is 12.9. The summed E-state index contributed by atoms with van der Waals surface area (Å²) in [7, 11) is 1.33. The normalized spacial score (nSPS) is 10.7. The number of methoxy groups -OCH3 is 1. The Kier molecular flexibility index (Phi) is 6.20. The Morgan fingerprint density at radius 2 is 2.05 bits per heavy atom.